The first kappa shape index (κ1) is 13.3. The van der Waals surface area contributed by atoms with Crippen LogP contribution in [0.25, 0.3) is 0 Å². The zero-order chi connectivity index (χ0) is 13.0. The predicted octanol–water partition coefficient (Wildman–Crippen LogP) is 0.746. The maximum absolute atomic E-state index is 11.4. The van der Waals surface area contributed by atoms with Gasteiger partial charge in [-0.05, 0) is 51.0 Å². The molecule has 0 radical (unpaired) electrons. The molecule has 0 aromatic carbocycles. The van der Waals surface area contributed by atoms with E-state index in [1.807, 2.05) is 0 Å². The van der Waals surface area contributed by atoms with Crippen molar-refractivity contribution in [3.63, 3.8) is 0 Å². The van der Waals surface area contributed by atoms with Crippen LogP contribution in [0.2, 0.25) is 0 Å². The maximum Gasteiger partial charge on any atom is 0.306 e. The topological polar surface area (TPSA) is 78.4 Å². The molecule has 1 amide bonds. The molecule has 102 valence electrons. The van der Waals surface area contributed by atoms with Crippen LogP contribution in [-0.2, 0) is 9.59 Å². The summed E-state index contributed by atoms with van der Waals surface area (Å²) in [7, 11) is 0. The number of carbonyl (C=O) groups is 2. The van der Waals surface area contributed by atoms with E-state index in [0.29, 0.717) is 18.5 Å². The molecule has 0 aromatic heterocycles. The third-order valence-electron chi connectivity index (χ3n) is 3.86. The first-order chi connectivity index (χ1) is 8.65. The Kier molecular flexibility index (Phi) is 4.58. The summed E-state index contributed by atoms with van der Waals surface area (Å²) in [5, 5.41) is 15.0. The van der Waals surface area contributed by atoms with Gasteiger partial charge in [-0.2, -0.15) is 0 Å². The van der Waals surface area contributed by atoms with Gasteiger partial charge in [-0.3, -0.25) is 9.59 Å². The Morgan fingerprint density at radius 2 is 1.72 bits per heavy atom. The molecule has 3 N–H and O–H groups in total. The number of hydrogen-bond acceptors (Lipinski definition) is 3. The number of aliphatic carboxylic acids is 1. The van der Waals surface area contributed by atoms with E-state index in [9.17, 15) is 9.59 Å². The Labute approximate surface area is 107 Å². The molecule has 5 heteroatoms. The van der Waals surface area contributed by atoms with Crippen molar-refractivity contribution in [2.24, 2.45) is 11.8 Å². The molecular formula is C13H22N2O3. The van der Waals surface area contributed by atoms with Crippen LogP contribution in [0.4, 0.5) is 0 Å². The van der Waals surface area contributed by atoms with E-state index in [0.717, 1.165) is 45.1 Å². The zero-order valence-corrected chi connectivity index (χ0v) is 10.7. The lowest BCUT2D eigenvalue weighted by atomic mass is 9.82. The van der Waals surface area contributed by atoms with Gasteiger partial charge in [0.25, 0.3) is 0 Å². The molecule has 0 unspecified atom stereocenters. The Balaban J connectivity index is 1.54. The maximum atomic E-state index is 11.4. The Hall–Kier alpha value is -1.10. The van der Waals surface area contributed by atoms with Crippen LogP contribution in [0.1, 0.15) is 38.5 Å². The van der Waals surface area contributed by atoms with Crippen molar-refractivity contribution < 1.29 is 14.7 Å². The minimum Gasteiger partial charge on any atom is -0.481 e. The van der Waals surface area contributed by atoms with E-state index in [1.165, 1.54) is 0 Å². The molecule has 0 bridgehead atoms. The molecule has 5 nitrogen and oxygen atoms in total. The van der Waals surface area contributed by atoms with Crippen molar-refractivity contribution in [1.29, 1.82) is 0 Å². The molecule has 2 rings (SSSR count). The second-order valence-corrected chi connectivity index (χ2v) is 5.53. The minimum absolute atomic E-state index is 0.0803. The van der Waals surface area contributed by atoms with E-state index in [2.05, 4.69) is 10.6 Å². The average Bonchev–Trinajstić information content (AvgIpc) is 3.13. The van der Waals surface area contributed by atoms with Crippen LogP contribution in [0.15, 0.2) is 0 Å². The Bertz CT molecular complexity index is 307. The number of carboxylic acids is 1. The summed E-state index contributed by atoms with van der Waals surface area (Å²) >= 11 is 0. The number of carbonyl (C=O) groups excluding carboxylic acids is 1. The van der Waals surface area contributed by atoms with Gasteiger partial charge < -0.3 is 15.7 Å². The summed E-state index contributed by atoms with van der Waals surface area (Å²) in [4.78, 5) is 22.2. The van der Waals surface area contributed by atoms with E-state index in [4.69, 9.17) is 5.11 Å². The molecule has 2 aliphatic rings. The monoisotopic (exact) mass is 254 g/mol. The van der Waals surface area contributed by atoms with Gasteiger partial charge >= 0.3 is 5.97 Å². The summed E-state index contributed by atoms with van der Waals surface area (Å²) in [6.07, 6.45) is 5.68. The number of carboxylic acid groups (broad SMARTS) is 1. The lowest BCUT2D eigenvalue weighted by Crippen LogP contribution is -2.37. The normalized spacial score (nSPS) is 27.8. The van der Waals surface area contributed by atoms with Crippen LogP contribution in [0.3, 0.4) is 0 Å². The van der Waals surface area contributed by atoms with Gasteiger partial charge in [0.05, 0.1) is 12.5 Å². The fraction of sp³-hybridized carbons (Fsp3) is 0.846. The Morgan fingerprint density at radius 3 is 2.28 bits per heavy atom. The van der Waals surface area contributed by atoms with Crippen molar-refractivity contribution in [3.8, 4) is 0 Å². The van der Waals surface area contributed by atoms with E-state index >= 15 is 0 Å². The van der Waals surface area contributed by atoms with Crippen molar-refractivity contribution in [1.82, 2.24) is 10.6 Å². The van der Waals surface area contributed by atoms with Gasteiger partial charge in [0, 0.05) is 6.04 Å². The van der Waals surface area contributed by atoms with Gasteiger partial charge in [-0.25, -0.2) is 0 Å². The molecular weight excluding hydrogens is 232 g/mol. The molecule has 0 heterocycles. The predicted molar refractivity (Wildman–Crippen MR) is 67.1 cm³/mol. The molecule has 0 spiro atoms. The molecule has 2 aliphatic carbocycles. The fourth-order valence-corrected chi connectivity index (χ4v) is 2.51. The third-order valence-corrected chi connectivity index (χ3v) is 3.86. The highest BCUT2D eigenvalue weighted by atomic mass is 16.4. The highest BCUT2D eigenvalue weighted by Crippen LogP contribution is 2.28. The minimum atomic E-state index is -0.662. The number of nitrogens with one attached hydrogen (secondary N) is 2. The molecule has 2 saturated carbocycles. The van der Waals surface area contributed by atoms with Crippen LogP contribution in [-0.4, -0.2) is 36.1 Å². The van der Waals surface area contributed by atoms with Crippen LogP contribution in [0, 0.1) is 11.8 Å². The fourth-order valence-electron chi connectivity index (χ4n) is 2.51. The standard InChI is InChI=1S/C13H22N2O3/c16-12(15-11-5-6-11)8-14-7-9-1-3-10(4-2-9)13(17)18/h9-11,14H,1-8H2,(H,15,16)(H,17,18). The molecule has 2 fully saturated rings. The highest BCUT2D eigenvalue weighted by Gasteiger charge is 2.26. The highest BCUT2D eigenvalue weighted by molar-refractivity contribution is 5.78. The molecule has 18 heavy (non-hydrogen) atoms. The van der Waals surface area contributed by atoms with Crippen LogP contribution in [0.5, 0.6) is 0 Å². The molecule has 0 saturated heterocycles. The van der Waals surface area contributed by atoms with Crippen LogP contribution >= 0.6 is 0 Å². The zero-order valence-electron chi connectivity index (χ0n) is 10.7. The third kappa shape index (κ3) is 4.29. The van der Waals surface area contributed by atoms with Gasteiger partial charge in [-0.1, -0.05) is 0 Å². The van der Waals surface area contributed by atoms with E-state index < -0.39 is 5.97 Å². The largest absolute Gasteiger partial charge is 0.481 e. The molecule has 0 aliphatic heterocycles. The van der Waals surface area contributed by atoms with E-state index in [1.54, 1.807) is 0 Å². The molecule has 0 atom stereocenters. The Morgan fingerprint density at radius 1 is 1.06 bits per heavy atom. The summed E-state index contributed by atoms with van der Waals surface area (Å²) in [6, 6.07) is 0.422. The van der Waals surface area contributed by atoms with Crippen molar-refractivity contribution in [2.75, 3.05) is 13.1 Å². The number of amides is 1. The van der Waals surface area contributed by atoms with Gasteiger partial charge in [0.15, 0.2) is 0 Å². The van der Waals surface area contributed by atoms with Crippen molar-refractivity contribution in [2.45, 2.75) is 44.6 Å². The van der Waals surface area contributed by atoms with E-state index in [-0.39, 0.29) is 11.8 Å². The molecule has 0 aromatic rings. The summed E-state index contributed by atoms with van der Waals surface area (Å²) in [5.41, 5.74) is 0. The first-order valence-corrected chi connectivity index (χ1v) is 6.88. The lowest BCUT2D eigenvalue weighted by molar-refractivity contribution is -0.143. The second kappa shape index (κ2) is 6.18. The first-order valence-electron chi connectivity index (χ1n) is 6.88. The quantitative estimate of drug-likeness (QED) is 0.653. The smallest absolute Gasteiger partial charge is 0.306 e. The van der Waals surface area contributed by atoms with Gasteiger partial charge in [0.2, 0.25) is 5.91 Å². The lowest BCUT2D eigenvalue weighted by Gasteiger charge is -2.26. The SMILES string of the molecule is O=C(CNCC1CCC(C(=O)O)CC1)NC1CC1. The number of hydrogen-bond donors (Lipinski definition) is 3. The number of rotatable bonds is 6. The van der Waals surface area contributed by atoms with Crippen molar-refractivity contribution in [3.05, 3.63) is 0 Å². The second-order valence-electron chi connectivity index (χ2n) is 5.53. The van der Waals surface area contributed by atoms with Gasteiger partial charge in [-0.15, -0.1) is 0 Å². The summed E-state index contributed by atoms with van der Waals surface area (Å²) < 4.78 is 0. The van der Waals surface area contributed by atoms with Crippen molar-refractivity contribution >= 4 is 11.9 Å². The summed E-state index contributed by atoms with van der Waals surface area (Å²) in [5.74, 6) is -0.212. The van der Waals surface area contributed by atoms with Crippen LogP contribution < -0.4 is 10.6 Å². The average molecular weight is 254 g/mol. The summed E-state index contributed by atoms with van der Waals surface area (Å²) in [6.45, 7) is 1.21. The van der Waals surface area contributed by atoms with Gasteiger partial charge in [0.1, 0.15) is 0 Å².